The summed E-state index contributed by atoms with van der Waals surface area (Å²) in [6.07, 6.45) is 2.04. The van der Waals surface area contributed by atoms with Gasteiger partial charge in [-0.1, -0.05) is 0 Å². The highest BCUT2D eigenvalue weighted by Gasteiger charge is 2.08. The molecule has 1 aromatic heterocycles. The molecule has 0 fully saturated rings. The van der Waals surface area contributed by atoms with Crippen molar-refractivity contribution in [3.05, 3.63) is 30.0 Å². The van der Waals surface area contributed by atoms with Crippen molar-refractivity contribution < 1.29 is 19.7 Å². The van der Waals surface area contributed by atoms with Crippen LogP contribution in [0.3, 0.4) is 0 Å². The number of nitrogens with one attached hydrogen (secondary N) is 1. The molecular weight excluding hydrogens is 272 g/mol. The molecule has 0 saturated heterocycles. The summed E-state index contributed by atoms with van der Waals surface area (Å²) in [4.78, 5) is 3.20. The molecule has 0 radical (unpaired) electrons. The van der Waals surface area contributed by atoms with Gasteiger partial charge in [0.2, 0.25) is 0 Å². The van der Waals surface area contributed by atoms with Crippen LogP contribution in [0.5, 0.6) is 5.75 Å². The van der Waals surface area contributed by atoms with Gasteiger partial charge in [0.1, 0.15) is 18.5 Å². The summed E-state index contributed by atoms with van der Waals surface area (Å²) in [5, 5.41) is 19.4. The second-order valence-corrected chi connectivity index (χ2v) is 4.82. The molecule has 5 N–H and O–H groups in total. The Kier molecular flexibility index (Phi) is 6.01. The third kappa shape index (κ3) is 4.44. The number of nitrogens with two attached hydrogens (primary N) is 1. The summed E-state index contributed by atoms with van der Waals surface area (Å²) in [6.45, 7) is 1.05. The number of hydrogen-bond donors (Lipinski definition) is 4. The third-order valence-corrected chi connectivity index (χ3v) is 3.14. The Labute approximate surface area is 123 Å². The fourth-order valence-electron chi connectivity index (χ4n) is 2.13. The number of aromatic amines is 1. The second kappa shape index (κ2) is 7.99. The Morgan fingerprint density at radius 1 is 1.29 bits per heavy atom. The number of aliphatic hydroxyl groups excluding tert-OH is 2. The van der Waals surface area contributed by atoms with Gasteiger partial charge in [0.25, 0.3) is 0 Å². The highest BCUT2D eigenvalue weighted by molar-refractivity contribution is 5.84. The van der Waals surface area contributed by atoms with Crippen molar-refractivity contribution in [3.63, 3.8) is 0 Å². The number of aromatic nitrogens is 1. The van der Waals surface area contributed by atoms with E-state index in [-0.39, 0.29) is 26.4 Å². The van der Waals surface area contributed by atoms with E-state index in [9.17, 15) is 5.11 Å². The van der Waals surface area contributed by atoms with Crippen LogP contribution >= 0.6 is 0 Å². The first-order chi connectivity index (χ1) is 10.2. The monoisotopic (exact) mass is 294 g/mol. The fraction of sp³-hybridized carbons (Fsp3) is 0.467. The molecule has 0 unspecified atom stereocenters. The lowest BCUT2D eigenvalue weighted by atomic mass is 10.1. The van der Waals surface area contributed by atoms with E-state index in [1.54, 1.807) is 0 Å². The largest absolute Gasteiger partial charge is 0.491 e. The molecule has 0 bridgehead atoms. The first kappa shape index (κ1) is 15.8. The Morgan fingerprint density at radius 3 is 2.90 bits per heavy atom. The molecule has 0 aliphatic rings. The van der Waals surface area contributed by atoms with E-state index in [1.165, 1.54) is 0 Å². The van der Waals surface area contributed by atoms with Crippen molar-refractivity contribution in [3.8, 4) is 5.75 Å². The molecule has 0 aliphatic heterocycles. The third-order valence-electron chi connectivity index (χ3n) is 3.14. The fourth-order valence-corrected chi connectivity index (χ4v) is 2.13. The molecule has 116 valence electrons. The molecule has 2 rings (SSSR count). The molecule has 1 heterocycles. The van der Waals surface area contributed by atoms with Crippen molar-refractivity contribution in [2.45, 2.75) is 12.5 Å². The van der Waals surface area contributed by atoms with E-state index in [2.05, 4.69) is 4.98 Å². The van der Waals surface area contributed by atoms with Crippen LogP contribution < -0.4 is 10.5 Å². The van der Waals surface area contributed by atoms with Crippen molar-refractivity contribution >= 4 is 10.9 Å². The molecule has 6 heteroatoms. The normalized spacial score (nSPS) is 12.7. The zero-order valence-electron chi connectivity index (χ0n) is 11.9. The molecule has 2 aromatic rings. The number of benzene rings is 1. The number of hydrogen-bond acceptors (Lipinski definition) is 5. The number of rotatable bonds is 9. The number of ether oxygens (including phenoxy) is 2. The Hall–Kier alpha value is -1.60. The van der Waals surface area contributed by atoms with Gasteiger partial charge in [-0.15, -0.1) is 0 Å². The van der Waals surface area contributed by atoms with Crippen LogP contribution in [0.15, 0.2) is 24.4 Å². The maximum atomic E-state index is 9.69. The average molecular weight is 294 g/mol. The lowest BCUT2D eigenvalue weighted by Crippen LogP contribution is -2.24. The van der Waals surface area contributed by atoms with Gasteiger partial charge in [-0.3, -0.25) is 0 Å². The van der Waals surface area contributed by atoms with Crippen LogP contribution in [-0.4, -0.2) is 54.3 Å². The second-order valence-electron chi connectivity index (χ2n) is 4.82. The lowest BCUT2D eigenvalue weighted by molar-refractivity contribution is 0.00136. The summed E-state index contributed by atoms with van der Waals surface area (Å²) in [5.41, 5.74) is 7.79. The van der Waals surface area contributed by atoms with Gasteiger partial charge in [-0.05, 0) is 36.7 Å². The summed E-state index contributed by atoms with van der Waals surface area (Å²) in [6, 6.07) is 5.74. The topological polar surface area (TPSA) is 101 Å². The van der Waals surface area contributed by atoms with Gasteiger partial charge in [0.05, 0.1) is 19.8 Å². The van der Waals surface area contributed by atoms with E-state index >= 15 is 0 Å². The van der Waals surface area contributed by atoms with Crippen LogP contribution in [0.2, 0.25) is 0 Å². The maximum absolute atomic E-state index is 9.69. The average Bonchev–Trinajstić information content (AvgIpc) is 2.88. The molecular formula is C15H22N2O4. The van der Waals surface area contributed by atoms with E-state index in [0.29, 0.717) is 12.3 Å². The van der Waals surface area contributed by atoms with Gasteiger partial charge in [-0.25, -0.2) is 0 Å². The minimum absolute atomic E-state index is 0.0539. The zero-order valence-corrected chi connectivity index (χ0v) is 11.9. The van der Waals surface area contributed by atoms with Crippen LogP contribution in [0, 0.1) is 0 Å². The summed E-state index contributed by atoms with van der Waals surface area (Å²) in [5.74, 6) is 0.696. The molecule has 1 aromatic carbocycles. The molecule has 0 saturated carbocycles. The van der Waals surface area contributed by atoms with Gasteiger partial charge in [-0.2, -0.15) is 0 Å². The first-order valence-electron chi connectivity index (χ1n) is 7.04. The zero-order chi connectivity index (χ0) is 15.1. The summed E-state index contributed by atoms with van der Waals surface area (Å²) < 4.78 is 10.6. The lowest BCUT2D eigenvalue weighted by Gasteiger charge is -2.12. The summed E-state index contributed by atoms with van der Waals surface area (Å²) >= 11 is 0. The number of fused-ring (bicyclic) bond motifs is 1. The highest BCUT2D eigenvalue weighted by atomic mass is 16.5. The molecule has 6 nitrogen and oxygen atoms in total. The minimum atomic E-state index is -0.720. The summed E-state index contributed by atoms with van der Waals surface area (Å²) in [7, 11) is 0. The van der Waals surface area contributed by atoms with Crippen molar-refractivity contribution in [1.29, 1.82) is 0 Å². The Morgan fingerprint density at radius 2 is 2.14 bits per heavy atom. The molecule has 0 aliphatic carbocycles. The van der Waals surface area contributed by atoms with Gasteiger partial charge in [0.15, 0.2) is 0 Å². The SMILES string of the molecule is NCCc1c[nH]c2ccc(OC[C@@H](O)COCCO)cc12. The van der Waals surface area contributed by atoms with Gasteiger partial charge < -0.3 is 30.4 Å². The number of H-pyrrole nitrogens is 1. The van der Waals surface area contributed by atoms with Crippen LogP contribution in [0.25, 0.3) is 10.9 Å². The molecule has 21 heavy (non-hydrogen) atoms. The standard InChI is InChI=1S/C15H22N2O4/c16-4-3-11-8-17-15-2-1-13(7-14(11)15)21-10-12(19)9-20-6-5-18/h1-2,7-8,12,17-19H,3-6,9-10,16H2/t12-/m0/s1. The smallest absolute Gasteiger partial charge is 0.120 e. The van der Waals surface area contributed by atoms with E-state index in [1.807, 2.05) is 24.4 Å². The van der Waals surface area contributed by atoms with Gasteiger partial charge in [0, 0.05) is 17.1 Å². The maximum Gasteiger partial charge on any atom is 0.120 e. The highest BCUT2D eigenvalue weighted by Crippen LogP contribution is 2.24. The molecule has 0 amide bonds. The van der Waals surface area contributed by atoms with Crippen molar-refractivity contribution in [2.24, 2.45) is 5.73 Å². The first-order valence-corrected chi connectivity index (χ1v) is 7.04. The van der Waals surface area contributed by atoms with Crippen molar-refractivity contribution in [2.75, 3.05) is 33.0 Å². The predicted molar refractivity (Wildman–Crippen MR) is 80.5 cm³/mol. The Bertz CT molecular complexity index is 556. The van der Waals surface area contributed by atoms with Gasteiger partial charge >= 0.3 is 0 Å². The van der Waals surface area contributed by atoms with E-state index in [4.69, 9.17) is 20.3 Å². The minimum Gasteiger partial charge on any atom is -0.491 e. The van der Waals surface area contributed by atoms with Crippen LogP contribution in [-0.2, 0) is 11.2 Å². The molecule has 0 spiro atoms. The Balaban J connectivity index is 1.94. The quantitative estimate of drug-likeness (QED) is 0.502. The predicted octanol–water partition coefficient (Wildman–Crippen LogP) is 0.418. The van der Waals surface area contributed by atoms with E-state index < -0.39 is 6.10 Å². The molecule has 1 atom stereocenters. The number of aliphatic hydroxyl groups is 2. The van der Waals surface area contributed by atoms with Crippen molar-refractivity contribution in [1.82, 2.24) is 4.98 Å². The van der Waals surface area contributed by atoms with E-state index in [0.717, 1.165) is 22.9 Å². The van der Waals surface area contributed by atoms with Crippen LogP contribution in [0.1, 0.15) is 5.56 Å². The van der Waals surface area contributed by atoms with Crippen LogP contribution in [0.4, 0.5) is 0 Å².